The summed E-state index contributed by atoms with van der Waals surface area (Å²) < 4.78 is 0. The van der Waals surface area contributed by atoms with Crippen molar-refractivity contribution in [2.24, 2.45) is 0 Å². The smallest absolute Gasteiger partial charge is 0.134 e. The molecule has 41 heavy (non-hydrogen) atoms. The number of hydrogen-bond acceptors (Lipinski definition) is 5. The van der Waals surface area contributed by atoms with E-state index in [1.54, 1.807) is 16.4 Å². The van der Waals surface area contributed by atoms with Crippen LogP contribution in [0.3, 0.4) is 0 Å². The standard InChI is InChI=1S/C32H60N4OP2Si2/c1-30(2)17-25(37)18-31(3,4)39(30)27-16-24(22-41(8,9)10)23(21-40(5,6)7)15-26(27)32(38,28-19-33-11-13-35-28)29-20-34-12-14-36-29/h15-16,28-29,33-36H,11-14,17-22,38H2,1-10H3. The maximum Gasteiger partial charge on any atom is 0.134 e. The fourth-order valence-electron chi connectivity index (χ4n) is 7.94. The minimum Gasteiger partial charge on any atom is -0.314 e. The van der Waals surface area contributed by atoms with E-state index in [2.05, 4.69) is 110 Å². The Balaban J connectivity index is 2.05. The highest BCUT2D eigenvalue weighted by molar-refractivity contribution is 7.69. The van der Waals surface area contributed by atoms with Crippen molar-refractivity contribution in [1.82, 2.24) is 21.3 Å². The van der Waals surface area contributed by atoms with Gasteiger partial charge in [0.25, 0.3) is 0 Å². The van der Waals surface area contributed by atoms with Crippen molar-refractivity contribution in [2.75, 3.05) is 39.3 Å². The molecule has 3 heterocycles. The van der Waals surface area contributed by atoms with Crippen molar-refractivity contribution in [3.8, 4) is 0 Å². The molecule has 1 aromatic carbocycles. The molecule has 9 heteroatoms. The molecule has 0 aromatic heterocycles. The van der Waals surface area contributed by atoms with E-state index in [1.807, 2.05) is 0 Å². The van der Waals surface area contributed by atoms with Gasteiger partial charge in [-0.05, 0) is 44.4 Å². The summed E-state index contributed by atoms with van der Waals surface area (Å²) in [5.41, 5.74) is 4.73. The Morgan fingerprint density at radius 1 is 0.805 bits per heavy atom. The lowest BCUT2D eigenvalue weighted by Gasteiger charge is -2.53. The van der Waals surface area contributed by atoms with Gasteiger partial charge in [-0.15, -0.1) is 9.24 Å². The number of carbonyl (C=O) groups is 1. The molecule has 1 aromatic rings. The van der Waals surface area contributed by atoms with Gasteiger partial charge in [0.2, 0.25) is 0 Å². The molecule has 3 unspecified atom stereocenters. The van der Waals surface area contributed by atoms with Gasteiger partial charge in [0, 0.05) is 85.5 Å². The van der Waals surface area contributed by atoms with Gasteiger partial charge in [-0.2, -0.15) is 0 Å². The SMILES string of the molecule is CC1(C)CC(=O)CC(C)(C)P1c1cc(C[Si](C)(C)C)c(C[Si](C)(C)C)cc1C(P)(C1CNCCN1)C1CNCCN1. The lowest BCUT2D eigenvalue weighted by molar-refractivity contribution is -0.120. The number of hydrogen-bond donors (Lipinski definition) is 4. The summed E-state index contributed by atoms with van der Waals surface area (Å²) in [4.78, 5) is 13.1. The molecule has 3 aliphatic rings. The maximum absolute atomic E-state index is 13.1. The lowest BCUT2D eigenvalue weighted by Crippen LogP contribution is -2.67. The van der Waals surface area contributed by atoms with Gasteiger partial charge >= 0.3 is 0 Å². The summed E-state index contributed by atoms with van der Waals surface area (Å²) in [5.74, 6) is 0.436. The largest absolute Gasteiger partial charge is 0.314 e. The van der Waals surface area contributed by atoms with Gasteiger partial charge in [0.15, 0.2) is 0 Å². The number of rotatable bonds is 8. The first kappa shape index (κ1) is 33.9. The monoisotopic (exact) mass is 634 g/mol. The number of Topliss-reactive ketones (excluding diaryl/α,β-unsaturated/α-hetero) is 1. The Labute approximate surface area is 257 Å². The highest BCUT2D eigenvalue weighted by atomic mass is 31.1. The number of carbonyl (C=O) groups excluding carboxylic acids is 1. The molecule has 0 amide bonds. The van der Waals surface area contributed by atoms with Crippen LogP contribution in [0.1, 0.15) is 57.2 Å². The average molecular weight is 635 g/mol. The zero-order chi connectivity index (χ0) is 30.4. The number of benzene rings is 1. The first-order valence-electron chi connectivity index (χ1n) is 16.0. The number of nitrogens with one attached hydrogen (secondary N) is 4. The van der Waals surface area contributed by atoms with Crippen LogP contribution in [0.5, 0.6) is 0 Å². The third-order valence-corrected chi connectivity index (χ3v) is 16.8. The molecular weight excluding hydrogens is 574 g/mol. The molecule has 0 saturated carbocycles. The van der Waals surface area contributed by atoms with Crippen molar-refractivity contribution in [3.05, 3.63) is 28.8 Å². The second-order valence-electron chi connectivity index (χ2n) is 16.8. The number of piperazine rings is 2. The summed E-state index contributed by atoms with van der Waals surface area (Å²) >= 11 is 0. The van der Waals surface area contributed by atoms with Crippen molar-refractivity contribution >= 4 is 44.4 Å². The summed E-state index contributed by atoms with van der Waals surface area (Å²) in [6.07, 6.45) is 1.38. The fraction of sp³-hybridized carbons (Fsp3) is 0.781. The van der Waals surface area contributed by atoms with E-state index in [0.29, 0.717) is 30.7 Å². The van der Waals surface area contributed by atoms with E-state index in [0.717, 1.165) is 39.3 Å². The first-order valence-corrected chi connectivity index (χ1v) is 25.3. The summed E-state index contributed by atoms with van der Waals surface area (Å²) in [7, 11) is 0.0981. The molecule has 0 aliphatic carbocycles. The Morgan fingerprint density at radius 2 is 1.24 bits per heavy atom. The van der Waals surface area contributed by atoms with Crippen LogP contribution in [-0.2, 0) is 22.0 Å². The first-order chi connectivity index (χ1) is 18.8. The van der Waals surface area contributed by atoms with Crippen LogP contribution in [0.15, 0.2) is 12.1 Å². The van der Waals surface area contributed by atoms with Crippen LogP contribution in [0.4, 0.5) is 0 Å². The van der Waals surface area contributed by atoms with E-state index in [1.165, 1.54) is 17.7 Å². The molecule has 5 nitrogen and oxygen atoms in total. The Morgan fingerprint density at radius 3 is 1.63 bits per heavy atom. The van der Waals surface area contributed by atoms with Gasteiger partial charge in [-0.25, -0.2) is 0 Å². The van der Waals surface area contributed by atoms with Gasteiger partial charge in [0.1, 0.15) is 5.78 Å². The van der Waals surface area contributed by atoms with Crippen LogP contribution in [0.25, 0.3) is 0 Å². The third-order valence-electron chi connectivity index (χ3n) is 9.17. The molecule has 4 N–H and O–H groups in total. The molecule has 3 fully saturated rings. The highest BCUT2D eigenvalue weighted by Gasteiger charge is 2.52. The van der Waals surface area contributed by atoms with Gasteiger partial charge < -0.3 is 21.3 Å². The van der Waals surface area contributed by atoms with Crippen LogP contribution >= 0.6 is 17.2 Å². The van der Waals surface area contributed by atoms with Crippen molar-refractivity contribution in [1.29, 1.82) is 0 Å². The quantitative estimate of drug-likeness (QED) is 0.246. The van der Waals surface area contributed by atoms with Crippen molar-refractivity contribution in [2.45, 2.75) is 119 Å². The molecule has 0 bridgehead atoms. The van der Waals surface area contributed by atoms with E-state index in [-0.39, 0.29) is 15.5 Å². The molecule has 4 rings (SSSR count). The molecule has 3 saturated heterocycles. The van der Waals surface area contributed by atoms with E-state index >= 15 is 0 Å². The third kappa shape index (κ3) is 7.82. The summed E-state index contributed by atoms with van der Waals surface area (Å²) in [6.45, 7) is 30.6. The second-order valence-corrected chi connectivity index (χ2v) is 32.3. The fourth-order valence-corrected chi connectivity index (χ4v) is 16.1. The van der Waals surface area contributed by atoms with E-state index in [4.69, 9.17) is 0 Å². The lowest BCUT2D eigenvalue weighted by atomic mass is 9.80. The minimum absolute atomic E-state index is 0.0400. The number of ketones is 1. The molecule has 0 radical (unpaired) electrons. The summed E-state index contributed by atoms with van der Waals surface area (Å²) in [5, 5.41) is 16.7. The average Bonchev–Trinajstić information content (AvgIpc) is 2.82. The van der Waals surface area contributed by atoms with Gasteiger partial charge in [-0.3, -0.25) is 4.79 Å². The predicted octanol–water partition coefficient (Wildman–Crippen LogP) is 4.75. The molecular formula is C32H60N4OP2Si2. The summed E-state index contributed by atoms with van der Waals surface area (Å²) in [6, 6.07) is 8.45. The van der Waals surface area contributed by atoms with E-state index < -0.39 is 24.1 Å². The van der Waals surface area contributed by atoms with Crippen molar-refractivity contribution < 1.29 is 4.79 Å². The maximum atomic E-state index is 13.1. The van der Waals surface area contributed by atoms with Crippen LogP contribution < -0.4 is 26.6 Å². The Bertz CT molecular complexity index is 1060. The molecule has 3 atom stereocenters. The molecule has 232 valence electrons. The zero-order valence-corrected chi connectivity index (χ0v) is 31.9. The topological polar surface area (TPSA) is 65.2 Å². The van der Waals surface area contributed by atoms with Crippen LogP contribution in [0.2, 0.25) is 39.3 Å². The predicted molar refractivity (Wildman–Crippen MR) is 190 cm³/mol. The zero-order valence-electron chi connectivity index (χ0n) is 27.8. The molecule has 0 spiro atoms. The van der Waals surface area contributed by atoms with E-state index in [9.17, 15) is 4.79 Å². The normalized spacial score (nSPS) is 27.4. The van der Waals surface area contributed by atoms with Crippen LogP contribution in [-0.4, -0.2) is 83.6 Å². The van der Waals surface area contributed by atoms with Gasteiger partial charge in [0.05, 0.1) is 0 Å². The Hall–Kier alpha value is 0.0238. The molecule has 3 aliphatic heterocycles. The highest BCUT2D eigenvalue weighted by Crippen LogP contribution is 2.65. The van der Waals surface area contributed by atoms with Gasteiger partial charge in [-0.1, -0.05) is 87.0 Å². The second kappa shape index (κ2) is 12.4. The van der Waals surface area contributed by atoms with Crippen LogP contribution in [0, 0.1) is 0 Å². The Kier molecular flexibility index (Phi) is 10.3. The minimum atomic E-state index is -1.38. The van der Waals surface area contributed by atoms with Crippen molar-refractivity contribution in [3.63, 3.8) is 0 Å².